The van der Waals surface area contributed by atoms with Gasteiger partial charge in [-0.05, 0) is 47.2 Å². The minimum atomic E-state index is 0.663. The monoisotopic (exact) mass is 478 g/mol. The van der Waals surface area contributed by atoms with E-state index in [1.807, 2.05) is 24.4 Å². The third-order valence-corrected chi connectivity index (χ3v) is 7.94. The lowest BCUT2D eigenvalue weighted by molar-refractivity contribution is 1.01. The molecule has 4 aromatic carbocycles. The van der Waals surface area contributed by atoms with E-state index in [0.29, 0.717) is 5.95 Å². The van der Waals surface area contributed by atoms with Gasteiger partial charge in [0.1, 0.15) is 10.5 Å². The van der Waals surface area contributed by atoms with Crippen LogP contribution in [0.25, 0.3) is 70.2 Å². The van der Waals surface area contributed by atoms with E-state index in [1.54, 1.807) is 11.3 Å². The summed E-state index contributed by atoms with van der Waals surface area (Å²) in [7, 11) is 0. The van der Waals surface area contributed by atoms with Crippen LogP contribution < -0.4 is 0 Å². The van der Waals surface area contributed by atoms with Gasteiger partial charge in [0, 0.05) is 32.4 Å². The van der Waals surface area contributed by atoms with E-state index in [-0.39, 0.29) is 0 Å². The second kappa shape index (κ2) is 7.44. The molecule has 0 radical (unpaired) electrons. The molecule has 0 unspecified atom stereocenters. The number of fused-ring (bicyclic) bond motifs is 7. The number of thiophene rings is 1. The molecule has 4 heterocycles. The number of nitrogens with zero attached hydrogens (tertiary/aromatic N) is 4. The normalized spacial score (nSPS) is 11.9. The standard InChI is InChI=1S/C31H18N4S/c1-2-10-20-18-26-23(17-19(20)9-1)21-11-3-5-14-25(21)35(26)31-33-29(24-13-7-8-16-32-24)28-22-12-4-6-15-27(22)36-30(28)34-31/h1-18H. The molecule has 0 bridgehead atoms. The molecule has 0 saturated heterocycles. The van der Waals surface area contributed by atoms with Gasteiger partial charge < -0.3 is 0 Å². The van der Waals surface area contributed by atoms with Crippen LogP contribution in [0.1, 0.15) is 0 Å². The Morgan fingerprint density at radius 1 is 0.611 bits per heavy atom. The van der Waals surface area contributed by atoms with Gasteiger partial charge in [-0.15, -0.1) is 11.3 Å². The van der Waals surface area contributed by atoms with Gasteiger partial charge in [0.2, 0.25) is 5.95 Å². The highest BCUT2D eigenvalue weighted by Crippen LogP contribution is 2.40. The number of hydrogen-bond acceptors (Lipinski definition) is 4. The van der Waals surface area contributed by atoms with Crippen LogP contribution in [-0.2, 0) is 0 Å². The number of hydrogen-bond donors (Lipinski definition) is 0. The Kier molecular flexibility index (Phi) is 4.07. The second-order valence-electron chi connectivity index (χ2n) is 8.93. The molecule has 5 heteroatoms. The van der Waals surface area contributed by atoms with Crippen molar-refractivity contribution in [3.05, 3.63) is 109 Å². The van der Waals surface area contributed by atoms with E-state index in [0.717, 1.165) is 38.0 Å². The first-order chi connectivity index (χ1) is 17.8. The van der Waals surface area contributed by atoms with E-state index in [2.05, 4.69) is 94.5 Å². The van der Waals surface area contributed by atoms with Gasteiger partial charge in [0.05, 0.1) is 16.7 Å². The molecule has 0 aliphatic heterocycles. The van der Waals surface area contributed by atoms with Crippen molar-refractivity contribution in [1.82, 2.24) is 19.5 Å². The van der Waals surface area contributed by atoms with Crippen molar-refractivity contribution in [2.75, 3.05) is 0 Å². The summed E-state index contributed by atoms with van der Waals surface area (Å²) in [5.41, 5.74) is 3.90. The number of pyridine rings is 1. The molecule has 8 aromatic rings. The van der Waals surface area contributed by atoms with Crippen LogP contribution in [0.2, 0.25) is 0 Å². The average Bonchev–Trinajstić information content (AvgIpc) is 3.47. The summed E-state index contributed by atoms with van der Waals surface area (Å²) in [5.74, 6) is 0.663. The predicted molar refractivity (Wildman–Crippen MR) is 150 cm³/mol. The Labute approximate surface area is 210 Å². The maximum atomic E-state index is 5.21. The van der Waals surface area contributed by atoms with Gasteiger partial charge in [-0.1, -0.05) is 66.7 Å². The highest BCUT2D eigenvalue weighted by Gasteiger charge is 2.20. The Hall–Kier alpha value is -4.61. The first kappa shape index (κ1) is 19.7. The molecule has 4 nitrogen and oxygen atoms in total. The molecule has 8 rings (SSSR count). The van der Waals surface area contributed by atoms with Crippen LogP contribution in [0.15, 0.2) is 109 Å². The summed E-state index contributed by atoms with van der Waals surface area (Å²) in [6.07, 6.45) is 1.82. The quantitative estimate of drug-likeness (QED) is 0.252. The van der Waals surface area contributed by atoms with Gasteiger partial charge in [-0.25, -0.2) is 9.97 Å². The molecule has 0 saturated carbocycles. The molecule has 0 spiro atoms. The SMILES string of the molecule is c1ccc(-c2nc(-n3c4ccccc4c4cc5ccccc5cc43)nc3sc4ccccc4c23)nc1. The predicted octanol–water partition coefficient (Wildman–Crippen LogP) is 8.16. The first-order valence-electron chi connectivity index (χ1n) is 11.9. The number of rotatable bonds is 2. The highest BCUT2D eigenvalue weighted by atomic mass is 32.1. The van der Waals surface area contributed by atoms with Gasteiger partial charge in [0.15, 0.2) is 0 Å². The van der Waals surface area contributed by atoms with Crippen LogP contribution >= 0.6 is 11.3 Å². The van der Waals surface area contributed by atoms with Crippen molar-refractivity contribution in [2.45, 2.75) is 0 Å². The number of para-hydroxylation sites is 1. The third-order valence-electron chi connectivity index (χ3n) is 6.87. The van der Waals surface area contributed by atoms with Crippen LogP contribution in [0.5, 0.6) is 0 Å². The molecule has 0 N–H and O–H groups in total. The summed E-state index contributed by atoms with van der Waals surface area (Å²) in [5, 5.41) is 7.04. The van der Waals surface area contributed by atoms with E-state index < -0.39 is 0 Å². The summed E-state index contributed by atoms with van der Waals surface area (Å²) < 4.78 is 3.40. The zero-order valence-corrected chi connectivity index (χ0v) is 19.9. The minimum Gasteiger partial charge on any atom is -0.278 e. The molecular weight excluding hydrogens is 460 g/mol. The van der Waals surface area contributed by atoms with Crippen molar-refractivity contribution >= 4 is 64.2 Å². The van der Waals surface area contributed by atoms with Crippen molar-refractivity contribution in [2.24, 2.45) is 0 Å². The maximum Gasteiger partial charge on any atom is 0.236 e. The smallest absolute Gasteiger partial charge is 0.236 e. The lowest BCUT2D eigenvalue weighted by Crippen LogP contribution is -2.03. The topological polar surface area (TPSA) is 43.6 Å². The van der Waals surface area contributed by atoms with E-state index in [4.69, 9.17) is 9.97 Å². The number of benzene rings is 4. The molecule has 36 heavy (non-hydrogen) atoms. The van der Waals surface area contributed by atoms with Crippen LogP contribution in [0, 0.1) is 0 Å². The lowest BCUT2D eigenvalue weighted by atomic mass is 10.1. The van der Waals surface area contributed by atoms with Crippen molar-refractivity contribution in [1.29, 1.82) is 0 Å². The van der Waals surface area contributed by atoms with Crippen LogP contribution in [-0.4, -0.2) is 19.5 Å². The summed E-state index contributed by atoms with van der Waals surface area (Å²) in [6, 6.07) is 36.0. The third kappa shape index (κ3) is 2.78. The van der Waals surface area contributed by atoms with Crippen molar-refractivity contribution < 1.29 is 0 Å². The fraction of sp³-hybridized carbons (Fsp3) is 0. The van der Waals surface area contributed by atoms with E-state index >= 15 is 0 Å². The number of aromatic nitrogens is 4. The van der Waals surface area contributed by atoms with Crippen molar-refractivity contribution in [3.63, 3.8) is 0 Å². The molecule has 0 aliphatic carbocycles. The lowest BCUT2D eigenvalue weighted by Gasteiger charge is -2.10. The molecule has 0 fully saturated rings. The Morgan fingerprint density at radius 3 is 2.22 bits per heavy atom. The Bertz CT molecular complexity index is 2100. The summed E-state index contributed by atoms with van der Waals surface area (Å²) >= 11 is 1.70. The maximum absolute atomic E-state index is 5.21. The average molecular weight is 479 g/mol. The molecule has 0 atom stereocenters. The molecule has 0 aliphatic rings. The van der Waals surface area contributed by atoms with Crippen molar-refractivity contribution in [3.8, 4) is 17.3 Å². The largest absolute Gasteiger partial charge is 0.278 e. The van der Waals surface area contributed by atoms with Crippen LogP contribution in [0.4, 0.5) is 0 Å². The van der Waals surface area contributed by atoms with Crippen LogP contribution in [0.3, 0.4) is 0 Å². The molecular formula is C31H18N4S. The first-order valence-corrected chi connectivity index (χ1v) is 12.7. The fourth-order valence-electron chi connectivity index (χ4n) is 5.27. The molecule has 168 valence electrons. The fourth-order valence-corrected chi connectivity index (χ4v) is 6.34. The van der Waals surface area contributed by atoms with Gasteiger partial charge in [-0.3, -0.25) is 9.55 Å². The molecule has 4 aromatic heterocycles. The van der Waals surface area contributed by atoms with E-state index in [9.17, 15) is 0 Å². The highest BCUT2D eigenvalue weighted by molar-refractivity contribution is 7.25. The zero-order chi connectivity index (χ0) is 23.6. The summed E-state index contributed by atoms with van der Waals surface area (Å²) in [6.45, 7) is 0. The van der Waals surface area contributed by atoms with Gasteiger partial charge in [0.25, 0.3) is 0 Å². The second-order valence-corrected chi connectivity index (χ2v) is 9.97. The minimum absolute atomic E-state index is 0.663. The van der Waals surface area contributed by atoms with Gasteiger partial charge >= 0.3 is 0 Å². The van der Waals surface area contributed by atoms with Gasteiger partial charge in [-0.2, -0.15) is 0 Å². The van der Waals surface area contributed by atoms with E-state index in [1.165, 1.54) is 26.2 Å². The molecule has 0 amide bonds. The Balaban J connectivity index is 1.54. The zero-order valence-electron chi connectivity index (χ0n) is 19.1. The Morgan fingerprint density at radius 2 is 1.36 bits per heavy atom. The summed E-state index contributed by atoms with van der Waals surface area (Å²) in [4.78, 5) is 16.0.